The van der Waals surface area contributed by atoms with Gasteiger partial charge in [-0.15, -0.1) is 0 Å². The van der Waals surface area contributed by atoms with E-state index in [1.54, 1.807) is 19.1 Å². The van der Waals surface area contributed by atoms with Crippen molar-refractivity contribution in [2.24, 2.45) is 0 Å². The highest BCUT2D eigenvalue weighted by Crippen LogP contribution is 2.27. The number of carbonyl (C=O) groups excluding carboxylic acids is 1. The molecular weight excluding hydrogens is 342 g/mol. The molecule has 0 bridgehead atoms. The Bertz CT molecular complexity index is 915. The first-order valence-electron chi connectivity index (χ1n) is 7.54. The fourth-order valence-corrected chi connectivity index (χ4v) is 2.71. The Morgan fingerprint density at radius 2 is 2.00 bits per heavy atom. The zero-order valence-electron chi connectivity index (χ0n) is 13.9. The summed E-state index contributed by atoms with van der Waals surface area (Å²) in [6, 6.07) is 6.96. The van der Waals surface area contributed by atoms with Crippen molar-refractivity contribution in [3.05, 3.63) is 58.1 Å². The SMILES string of the molecule is Cc1cc(C)c(NC(=O)c2ccnc(Nc3cc(C)on3)n2)c(Cl)c1. The summed E-state index contributed by atoms with van der Waals surface area (Å²) in [5.74, 6) is 0.983. The lowest BCUT2D eigenvalue weighted by molar-refractivity contribution is 0.102. The molecule has 2 aromatic heterocycles. The Labute approximate surface area is 149 Å². The Balaban J connectivity index is 1.80. The average molecular weight is 358 g/mol. The van der Waals surface area contributed by atoms with Crippen LogP contribution in [0.1, 0.15) is 27.4 Å². The molecule has 0 aliphatic heterocycles. The van der Waals surface area contributed by atoms with Gasteiger partial charge in [0.2, 0.25) is 5.95 Å². The molecule has 3 rings (SSSR count). The lowest BCUT2D eigenvalue weighted by Crippen LogP contribution is -2.16. The average Bonchev–Trinajstić information content (AvgIpc) is 2.96. The first kappa shape index (κ1) is 16.9. The van der Waals surface area contributed by atoms with Gasteiger partial charge in [-0.05, 0) is 44.0 Å². The van der Waals surface area contributed by atoms with E-state index in [0.717, 1.165) is 11.1 Å². The quantitative estimate of drug-likeness (QED) is 0.732. The van der Waals surface area contributed by atoms with Gasteiger partial charge in [-0.25, -0.2) is 9.97 Å². The van der Waals surface area contributed by atoms with Crippen molar-refractivity contribution in [3.8, 4) is 0 Å². The molecule has 1 aromatic carbocycles. The predicted octanol–water partition coefficient (Wildman–Crippen LogP) is 4.04. The van der Waals surface area contributed by atoms with E-state index < -0.39 is 0 Å². The van der Waals surface area contributed by atoms with Crippen LogP contribution in [0.3, 0.4) is 0 Å². The van der Waals surface area contributed by atoms with Crippen LogP contribution in [0.2, 0.25) is 5.02 Å². The van der Waals surface area contributed by atoms with E-state index in [2.05, 4.69) is 25.8 Å². The molecule has 0 radical (unpaired) electrons. The second-order valence-corrected chi connectivity index (χ2v) is 6.01. The van der Waals surface area contributed by atoms with Gasteiger partial charge in [-0.2, -0.15) is 0 Å². The molecule has 0 saturated heterocycles. The summed E-state index contributed by atoms with van der Waals surface area (Å²) in [7, 11) is 0. The van der Waals surface area contributed by atoms with Crippen LogP contribution in [0.25, 0.3) is 0 Å². The smallest absolute Gasteiger partial charge is 0.274 e. The molecule has 0 saturated carbocycles. The fourth-order valence-electron chi connectivity index (χ4n) is 2.34. The number of amides is 1. The zero-order valence-corrected chi connectivity index (χ0v) is 14.7. The van der Waals surface area contributed by atoms with E-state index >= 15 is 0 Å². The second kappa shape index (κ2) is 6.90. The molecule has 0 spiro atoms. The van der Waals surface area contributed by atoms with Crippen LogP contribution >= 0.6 is 11.6 Å². The molecule has 0 unspecified atom stereocenters. The van der Waals surface area contributed by atoms with Gasteiger partial charge < -0.3 is 15.2 Å². The largest absolute Gasteiger partial charge is 0.360 e. The monoisotopic (exact) mass is 357 g/mol. The molecule has 0 atom stereocenters. The van der Waals surface area contributed by atoms with E-state index in [0.29, 0.717) is 22.3 Å². The molecule has 7 nitrogen and oxygen atoms in total. The Kier molecular flexibility index (Phi) is 4.67. The number of hydrogen-bond acceptors (Lipinski definition) is 6. The highest BCUT2D eigenvalue weighted by Gasteiger charge is 2.14. The first-order valence-corrected chi connectivity index (χ1v) is 7.91. The summed E-state index contributed by atoms with van der Waals surface area (Å²) >= 11 is 6.23. The Morgan fingerprint density at radius 1 is 1.20 bits per heavy atom. The number of nitrogens with zero attached hydrogens (tertiary/aromatic N) is 3. The van der Waals surface area contributed by atoms with E-state index in [-0.39, 0.29) is 17.5 Å². The number of hydrogen-bond donors (Lipinski definition) is 2. The van der Waals surface area contributed by atoms with Crippen LogP contribution in [0.5, 0.6) is 0 Å². The fraction of sp³-hybridized carbons (Fsp3) is 0.176. The Hall–Kier alpha value is -2.93. The van der Waals surface area contributed by atoms with E-state index in [1.807, 2.05) is 19.9 Å². The molecule has 2 heterocycles. The van der Waals surface area contributed by atoms with Crippen LogP contribution in [0, 0.1) is 20.8 Å². The van der Waals surface area contributed by atoms with Crippen molar-refractivity contribution in [1.82, 2.24) is 15.1 Å². The van der Waals surface area contributed by atoms with E-state index in [4.69, 9.17) is 16.1 Å². The summed E-state index contributed by atoms with van der Waals surface area (Å²) in [6.07, 6.45) is 1.49. The molecule has 128 valence electrons. The van der Waals surface area contributed by atoms with E-state index in [9.17, 15) is 4.79 Å². The standard InChI is InChI=1S/C17H16ClN5O2/c1-9-6-10(2)15(12(18)7-9)22-16(24)13-4-5-19-17(20-13)21-14-8-11(3)25-23-14/h4-8H,1-3H3,(H,22,24)(H,19,20,21,23). The maximum absolute atomic E-state index is 12.5. The second-order valence-electron chi connectivity index (χ2n) is 5.61. The van der Waals surface area contributed by atoms with Gasteiger partial charge in [0.1, 0.15) is 11.5 Å². The summed E-state index contributed by atoms with van der Waals surface area (Å²) in [4.78, 5) is 20.8. The van der Waals surface area contributed by atoms with Gasteiger partial charge in [0, 0.05) is 12.3 Å². The summed E-state index contributed by atoms with van der Waals surface area (Å²) in [5, 5.41) is 9.96. The molecule has 1 amide bonds. The molecular formula is C17H16ClN5O2. The van der Waals surface area contributed by atoms with Gasteiger partial charge in [-0.3, -0.25) is 4.79 Å². The van der Waals surface area contributed by atoms with Gasteiger partial charge in [0.05, 0.1) is 10.7 Å². The molecule has 3 aromatic rings. The molecule has 25 heavy (non-hydrogen) atoms. The zero-order chi connectivity index (χ0) is 18.0. The number of halogens is 1. The van der Waals surface area contributed by atoms with Crippen LogP contribution in [0.15, 0.2) is 35.0 Å². The highest BCUT2D eigenvalue weighted by molar-refractivity contribution is 6.34. The van der Waals surface area contributed by atoms with Crippen LogP contribution in [0.4, 0.5) is 17.5 Å². The maximum Gasteiger partial charge on any atom is 0.274 e. The van der Waals surface area contributed by atoms with Gasteiger partial charge >= 0.3 is 0 Å². The molecule has 0 fully saturated rings. The number of rotatable bonds is 4. The first-order chi connectivity index (χ1) is 11.9. The van der Waals surface area contributed by atoms with Crippen molar-refractivity contribution in [2.75, 3.05) is 10.6 Å². The van der Waals surface area contributed by atoms with Gasteiger partial charge in [0.15, 0.2) is 5.82 Å². The Morgan fingerprint density at radius 3 is 2.68 bits per heavy atom. The normalized spacial score (nSPS) is 10.6. The van der Waals surface area contributed by atoms with Crippen LogP contribution in [-0.4, -0.2) is 21.0 Å². The number of benzene rings is 1. The number of nitrogens with one attached hydrogen (secondary N) is 2. The van der Waals surface area contributed by atoms with Crippen LogP contribution in [-0.2, 0) is 0 Å². The maximum atomic E-state index is 12.5. The topological polar surface area (TPSA) is 92.9 Å². The molecule has 2 N–H and O–H groups in total. The number of carbonyl (C=O) groups is 1. The van der Waals surface area contributed by atoms with Crippen molar-refractivity contribution in [3.63, 3.8) is 0 Å². The number of aryl methyl sites for hydroxylation is 3. The predicted molar refractivity (Wildman–Crippen MR) is 95.4 cm³/mol. The van der Waals surface area contributed by atoms with E-state index in [1.165, 1.54) is 12.3 Å². The summed E-state index contributed by atoms with van der Waals surface area (Å²) in [5.41, 5.74) is 2.67. The molecule has 0 aliphatic rings. The molecule has 0 aliphatic carbocycles. The lowest BCUT2D eigenvalue weighted by atomic mass is 10.1. The third-order valence-electron chi connectivity index (χ3n) is 3.43. The third kappa shape index (κ3) is 3.95. The van der Waals surface area contributed by atoms with Crippen molar-refractivity contribution in [1.29, 1.82) is 0 Å². The minimum absolute atomic E-state index is 0.203. The summed E-state index contributed by atoms with van der Waals surface area (Å²) < 4.78 is 4.97. The van der Waals surface area contributed by atoms with Crippen LogP contribution < -0.4 is 10.6 Å². The molecule has 8 heteroatoms. The number of aromatic nitrogens is 3. The van der Waals surface area contributed by atoms with Crippen molar-refractivity contribution >= 4 is 35.0 Å². The highest BCUT2D eigenvalue weighted by atomic mass is 35.5. The minimum Gasteiger partial charge on any atom is -0.360 e. The lowest BCUT2D eigenvalue weighted by Gasteiger charge is -2.11. The van der Waals surface area contributed by atoms with Gasteiger partial charge in [-0.1, -0.05) is 22.8 Å². The van der Waals surface area contributed by atoms with Crippen molar-refractivity contribution in [2.45, 2.75) is 20.8 Å². The third-order valence-corrected chi connectivity index (χ3v) is 3.72. The van der Waals surface area contributed by atoms with Gasteiger partial charge in [0.25, 0.3) is 5.91 Å². The minimum atomic E-state index is -0.379. The summed E-state index contributed by atoms with van der Waals surface area (Å²) in [6.45, 7) is 5.60. The number of anilines is 3. The van der Waals surface area contributed by atoms with Crippen molar-refractivity contribution < 1.29 is 9.32 Å².